The van der Waals surface area contributed by atoms with Crippen LogP contribution in [0.1, 0.15) is 0 Å². The maximum atomic E-state index is 11.2. The molecule has 1 aromatic carbocycles. The van der Waals surface area contributed by atoms with Crippen LogP contribution in [0, 0.1) is 0 Å². The Hall–Kier alpha value is -2.23. The summed E-state index contributed by atoms with van der Waals surface area (Å²) < 4.78 is 10.4. The molecule has 0 bridgehead atoms. The van der Waals surface area contributed by atoms with Gasteiger partial charge in [-0.1, -0.05) is 6.07 Å². The third kappa shape index (κ3) is 2.30. The van der Waals surface area contributed by atoms with Crippen molar-refractivity contribution in [3.05, 3.63) is 46.9 Å². The predicted octanol–water partition coefficient (Wildman–Crippen LogP) is 2.06. The molecule has 0 atom stereocenters. The molecule has 0 unspecified atom stereocenters. The molecule has 0 spiro atoms. The van der Waals surface area contributed by atoms with Gasteiger partial charge < -0.3 is 14.5 Å². The maximum absolute atomic E-state index is 11.2. The van der Waals surface area contributed by atoms with Gasteiger partial charge in [0.25, 0.3) is 0 Å². The van der Waals surface area contributed by atoms with E-state index >= 15 is 0 Å². The fourth-order valence-corrected chi connectivity index (χ4v) is 1.64. The number of nitrogens with one attached hydrogen (secondary N) is 1. The van der Waals surface area contributed by atoms with Crippen LogP contribution in [0.25, 0.3) is 11.1 Å². The first-order chi connectivity index (χ1) is 8.24. The van der Waals surface area contributed by atoms with Crippen LogP contribution >= 0.6 is 0 Å². The molecule has 0 aliphatic rings. The highest BCUT2D eigenvalue weighted by atomic mass is 16.5. The van der Waals surface area contributed by atoms with E-state index in [4.69, 9.17) is 9.47 Å². The first kappa shape index (κ1) is 11.3. The van der Waals surface area contributed by atoms with Gasteiger partial charge in [-0.15, -0.1) is 0 Å². The van der Waals surface area contributed by atoms with Gasteiger partial charge in [0.15, 0.2) is 11.5 Å². The Bertz CT molecular complexity index is 575. The first-order valence-corrected chi connectivity index (χ1v) is 5.15. The SMILES string of the molecule is COc1ccc(-c2cc[nH]c(=O)c2)cc1OC. The third-order valence-electron chi connectivity index (χ3n) is 2.49. The Morgan fingerprint density at radius 3 is 2.29 bits per heavy atom. The van der Waals surface area contributed by atoms with E-state index < -0.39 is 0 Å². The molecule has 1 aromatic heterocycles. The summed E-state index contributed by atoms with van der Waals surface area (Å²) in [5.74, 6) is 1.31. The highest BCUT2D eigenvalue weighted by Gasteiger charge is 2.06. The van der Waals surface area contributed by atoms with E-state index in [9.17, 15) is 4.79 Å². The van der Waals surface area contributed by atoms with Crippen molar-refractivity contribution in [3.63, 3.8) is 0 Å². The van der Waals surface area contributed by atoms with E-state index in [2.05, 4.69) is 4.98 Å². The lowest BCUT2D eigenvalue weighted by molar-refractivity contribution is 0.355. The molecule has 2 rings (SSSR count). The molecule has 17 heavy (non-hydrogen) atoms. The minimum Gasteiger partial charge on any atom is -0.493 e. The lowest BCUT2D eigenvalue weighted by Gasteiger charge is -2.09. The number of methoxy groups -OCH3 is 2. The molecule has 1 N–H and O–H groups in total. The number of aromatic nitrogens is 1. The molecule has 0 aliphatic heterocycles. The Kier molecular flexibility index (Phi) is 3.14. The number of hydrogen-bond acceptors (Lipinski definition) is 3. The Labute approximate surface area is 98.8 Å². The summed E-state index contributed by atoms with van der Waals surface area (Å²) in [5, 5.41) is 0. The van der Waals surface area contributed by atoms with E-state index in [1.807, 2.05) is 24.3 Å². The molecule has 1 heterocycles. The van der Waals surface area contributed by atoms with Crippen molar-refractivity contribution in [1.29, 1.82) is 0 Å². The fraction of sp³-hybridized carbons (Fsp3) is 0.154. The molecule has 0 radical (unpaired) electrons. The largest absolute Gasteiger partial charge is 0.493 e. The Morgan fingerprint density at radius 1 is 0.941 bits per heavy atom. The van der Waals surface area contributed by atoms with Crippen molar-refractivity contribution in [2.45, 2.75) is 0 Å². The minimum atomic E-state index is -0.128. The van der Waals surface area contributed by atoms with Crippen LogP contribution < -0.4 is 15.0 Å². The molecule has 88 valence electrons. The molecular formula is C13H13NO3. The molecule has 0 aliphatic carbocycles. The Morgan fingerprint density at radius 2 is 1.65 bits per heavy atom. The summed E-state index contributed by atoms with van der Waals surface area (Å²) in [6, 6.07) is 8.92. The number of H-pyrrole nitrogens is 1. The van der Waals surface area contributed by atoms with Crippen LogP contribution in [0.5, 0.6) is 11.5 Å². The summed E-state index contributed by atoms with van der Waals surface area (Å²) in [6.07, 6.45) is 1.62. The monoisotopic (exact) mass is 231 g/mol. The second kappa shape index (κ2) is 4.74. The van der Waals surface area contributed by atoms with Gasteiger partial charge in [0, 0.05) is 12.3 Å². The number of pyridine rings is 1. The average Bonchev–Trinajstić information content (AvgIpc) is 2.38. The minimum absolute atomic E-state index is 0.128. The van der Waals surface area contributed by atoms with Gasteiger partial charge in [-0.3, -0.25) is 4.79 Å². The Balaban J connectivity index is 2.50. The van der Waals surface area contributed by atoms with E-state index in [1.165, 1.54) is 0 Å². The van der Waals surface area contributed by atoms with Gasteiger partial charge in [0.1, 0.15) is 0 Å². The molecular weight excluding hydrogens is 218 g/mol. The molecule has 4 nitrogen and oxygen atoms in total. The summed E-state index contributed by atoms with van der Waals surface area (Å²) in [6.45, 7) is 0. The molecule has 0 fully saturated rings. The smallest absolute Gasteiger partial charge is 0.248 e. The van der Waals surface area contributed by atoms with Gasteiger partial charge in [0.2, 0.25) is 5.56 Å². The maximum Gasteiger partial charge on any atom is 0.248 e. The van der Waals surface area contributed by atoms with Gasteiger partial charge >= 0.3 is 0 Å². The number of hydrogen-bond donors (Lipinski definition) is 1. The third-order valence-corrected chi connectivity index (χ3v) is 2.49. The van der Waals surface area contributed by atoms with Crippen molar-refractivity contribution < 1.29 is 9.47 Å². The normalized spacial score (nSPS) is 10.0. The fourth-order valence-electron chi connectivity index (χ4n) is 1.64. The predicted molar refractivity (Wildman–Crippen MR) is 65.6 cm³/mol. The van der Waals surface area contributed by atoms with Crippen molar-refractivity contribution in [3.8, 4) is 22.6 Å². The first-order valence-electron chi connectivity index (χ1n) is 5.15. The summed E-state index contributed by atoms with van der Waals surface area (Å²) in [5.41, 5.74) is 1.63. The quantitative estimate of drug-likeness (QED) is 0.879. The van der Waals surface area contributed by atoms with Gasteiger partial charge in [-0.2, -0.15) is 0 Å². The number of ether oxygens (including phenoxy) is 2. The van der Waals surface area contributed by atoms with Crippen LogP contribution in [0.15, 0.2) is 41.3 Å². The highest BCUT2D eigenvalue weighted by Crippen LogP contribution is 2.31. The molecule has 0 saturated heterocycles. The van der Waals surface area contributed by atoms with Crippen molar-refractivity contribution >= 4 is 0 Å². The lowest BCUT2D eigenvalue weighted by atomic mass is 10.1. The second-order valence-corrected chi connectivity index (χ2v) is 3.51. The van der Waals surface area contributed by atoms with Crippen LogP contribution in [-0.2, 0) is 0 Å². The summed E-state index contributed by atoms with van der Waals surface area (Å²) >= 11 is 0. The zero-order valence-corrected chi connectivity index (χ0v) is 9.69. The molecule has 2 aromatic rings. The van der Waals surface area contributed by atoms with E-state index in [0.717, 1.165) is 11.1 Å². The van der Waals surface area contributed by atoms with Crippen LogP contribution in [0.2, 0.25) is 0 Å². The van der Waals surface area contributed by atoms with Crippen LogP contribution in [0.3, 0.4) is 0 Å². The zero-order chi connectivity index (χ0) is 12.3. The van der Waals surface area contributed by atoms with E-state index in [-0.39, 0.29) is 5.56 Å². The average molecular weight is 231 g/mol. The molecule has 0 saturated carbocycles. The molecule has 0 amide bonds. The standard InChI is InChI=1S/C13H13NO3/c1-16-11-4-3-9(7-12(11)17-2)10-5-6-14-13(15)8-10/h3-8H,1-2H3,(H,14,15). The highest BCUT2D eigenvalue weighted by molar-refractivity contribution is 5.66. The van der Waals surface area contributed by atoms with Crippen LogP contribution in [-0.4, -0.2) is 19.2 Å². The van der Waals surface area contributed by atoms with E-state index in [0.29, 0.717) is 11.5 Å². The van der Waals surface area contributed by atoms with Gasteiger partial charge in [-0.25, -0.2) is 0 Å². The van der Waals surface area contributed by atoms with Gasteiger partial charge in [0.05, 0.1) is 14.2 Å². The van der Waals surface area contributed by atoms with Crippen LogP contribution in [0.4, 0.5) is 0 Å². The van der Waals surface area contributed by atoms with Gasteiger partial charge in [-0.05, 0) is 29.3 Å². The second-order valence-electron chi connectivity index (χ2n) is 3.51. The lowest BCUT2D eigenvalue weighted by Crippen LogP contribution is -2.02. The van der Waals surface area contributed by atoms with Crippen molar-refractivity contribution in [1.82, 2.24) is 4.98 Å². The van der Waals surface area contributed by atoms with E-state index in [1.54, 1.807) is 26.5 Å². The number of rotatable bonds is 3. The number of aromatic amines is 1. The van der Waals surface area contributed by atoms with Crippen molar-refractivity contribution in [2.75, 3.05) is 14.2 Å². The molecule has 4 heteroatoms. The van der Waals surface area contributed by atoms with Crippen molar-refractivity contribution in [2.24, 2.45) is 0 Å². The topological polar surface area (TPSA) is 51.3 Å². The number of benzene rings is 1. The zero-order valence-electron chi connectivity index (χ0n) is 9.69. The summed E-state index contributed by atoms with van der Waals surface area (Å²) in [4.78, 5) is 13.8. The summed E-state index contributed by atoms with van der Waals surface area (Å²) in [7, 11) is 3.17.